The van der Waals surface area contributed by atoms with Gasteiger partial charge in [-0.05, 0) is 49.4 Å². The highest BCUT2D eigenvalue weighted by Crippen LogP contribution is 2.30. The molecule has 1 amide bonds. The zero-order valence-electron chi connectivity index (χ0n) is 16.4. The van der Waals surface area contributed by atoms with E-state index in [9.17, 15) is 29.4 Å². The second-order valence-corrected chi connectivity index (χ2v) is 6.82. The van der Waals surface area contributed by atoms with E-state index in [2.05, 4.69) is 10.3 Å². The lowest BCUT2D eigenvalue weighted by Crippen LogP contribution is -2.13. The number of benzene rings is 3. The summed E-state index contributed by atoms with van der Waals surface area (Å²) in [5, 5.41) is 25.0. The van der Waals surface area contributed by atoms with Crippen LogP contribution in [0.1, 0.15) is 15.9 Å². The average molecular weight is 436 g/mol. The van der Waals surface area contributed by atoms with Crippen molar-refractivity contribution in [3.63, 3.8) is 0 Å². The van der Waals surface area contributed by atoms with E-state index in [4.69, 9.17) is 4.42 Å². The van der Waals surface area contributed by atoms with E-state index in [-0.39, 0.29) is 17.0 Å². The summed E-state index contributed by atoms with van der Waals surface area (Å²) in [5.74, 6) is -0.905. The van der Waals surface area contributed by atoms with Crippen LogP contribution in [-0.2, 0) is 0 Å². The van der Waals surface area contributed by atoms with Crippen LogP contribution in [0.15, 0.2) is 59.0 Å². The fraction of sp³-hybridized carbons (Fsp3) is 0.0476. The Kier molecular flexibility index (Phi) is 5.07. The number of rotatable bonds is 5. The SMILES string of the molecule is Cc1c([N+](=O)[O-])cc(C(=O)Nc2ccc3oc(-c4ccc(F)cc4)nc3c2)cc1[N+](=O)[O-]. The van der Waals surface area contributed by atoms with E-state index >= 15 is 0 Å². The Morgan fingerprint density at radius 3 is 2.22 bits per heavy atom. The molecule has 160 valence electrons. The van der Waals surface area contributed by atoms with Crippen LogP contribution in [0.25, 0.3) is 22.6 Å². The van der Waals surface area contributed by atoms with Crippen molar-refractivity contribution in [1.82, 2.24) is 4.98 Å². The van der Waals surface area contributed by atoms with Gasteiger partial charge in [0.05, 0.1) is 15.4 Å². The number of carbonyl (C=O) groups is 1. The minimum atomic E-state index is -0.780. The highest BCUT2D eigenvalue weighted by Gasteiger charge is 2.25. The maximum absolute atomic E-state index is 13.1. The Labute approximate surface area is 178 Å². The van der Waals surface area contributed by atoms with E-state index in [0.717, 1.165) is 12.1 Å². The molecule has 0 spiro atoms. The average Bonchev–Trinajstić information content (AvgIpc) is 3.17. The van der Waals surface area contributed by atoms with Crippen LogP contribution in [-0.4, -0.2) is 20.7 Å². The third kappa shape index (κ3) is 3.86. The van der Waals surface area contributed by atoms with Gasteiger partial charge >= 0.3 is 0 Å². The third-order valence-corrected chi connectivity index (χ3v) is 4.75. The molecular formula is C21H13FN4O6. The molecule has 0 aliphatic rings. The quantitative estimate of drug-likeness (QED) is 0.342. The van der Waals surface area contributed by atoms with Crippen molar-refractivity contribution in [1.29, 1.82) is 0 Å². The summed E-state index contributed by atoms with van der Waals surface area (Å²) in [7, 11) is 0. The molecule has 4 aromatic rings. The van der Waals surface area contributed by atoms with E-state index < -0.39 is 32.9 Å². The number of nitrogens with one attached hydrogen (secondary N) is 1. The van der Waals surface area contributed by atoms with Crippen molar-refractivity contribution < 1.29 is 23.4 Å². The van der Waals surface area contributed by atoms with E-state index in [0.29, 0.717) is 22.4 Å². The Morgan fingerprint density at radius 1 is 1.00 bits per heavy atom. The van der Waals surface area contributed by atoms with E-state index in [1.807, 2.05) is 0 Å². The van der Waals surface area contributed by atoms with Crippen molar-refractivity contribution in [3.05, 3.63) is 91.8 Å². The van der Waals surface area contributed by atoms with Gasteiger partial charge in [-0.25, -0.2) is 9.37 Å². The molecule has 4 rings (SSSR count). The Morgan fingerprint density at radius 2 is 1.62 bits per heavy atom. The largest absolute Gasteiger partial charge is 0.436 e. The van der Waals surface area contributed by atoms with Gasteiger partial charge in [0.1, 0.15) is 16.9 Å². The molecule has 0 saturated heterocycles. The fourth-order valence-electron chi connectivity index (χ4n) is 3.12. The number of fused-ring (bicyclic) bond motifs is 1. The summed E-state index contributed by atoms with van der Waals surface area (Å²) in [6.07, 6.45) is 0. The second-order valence-electron chi connectivity index (χ2n) is 6.82. The van der Waals surface area contributed by atoms with Gasteiger partial charge in [-0.1, -0.05) is 0 Å². The lowest BCUT2D eigenvalue weighted by Gasteiger charge is -2.06. The highest BCUT2D eigenvalue weighted by molar-refractivity contribution is 6.06. The Bertz CT molecular complexity index is 1360. The van der Waals surface area contributed by atoms with E-state index in [1.165, 1.54) is 43.3 Å². The predicted molar refractivity (Wildman–Crippen MR) is 112 cm³/mol. The highest BCUT2D eigenvalue weighted by atomic mass is 19.1. The van der Waals surface area contributed by atoms with Crippen molar-refractivity contribution in [3.8, 4) is 11.5 Å². The van der Waals surface area contributed by atoms with Crippen molar-refractivity contribution in [2.24, 2.45) is 0 Å². The van der Waals surface area contributed by atoms with Gasteiger partial charge in [0.15, 0.2) is 5.58 Å². The zero-order valence-corrected chi connectivity index (χ0v) is 16.4. The van der Waals surface area contributed by atoms with Gasteiger partial charge in [0.2, 0.25) is 5.89 Å². The van der Waals surface area contributed by atoms with Crippen LogP contribution in [0, 0.1) is 33.0 Å². The minimum Gasteiger partial charge on any atom is -0.436 e. The first-order valence-electron chi connectivity index (χ1n) is 9.14. The lowest BCUT2D eigenvalue weighted by atomic mass is 10.1. The molecular weight excluding hydrogens is 423 g/mol. The first kappa shape index (κ1) is 20.6. The van der Waals surface area contributed by atoms with Gasteiger partial charge in [-0.3, -0.25) is 25.0 Å². The zero-order chi connectivity index (χ0) is 23.0. The van der Waals surface area contributed by atoms with Crippen molar-refractivity contribution in [2.75, 3.05) is 5.32 Å². The summed E-state index contributed by atoms with van der Waals surface area (Å²) < 4.78 is 18.8. The predicted octanol–water partition coefficient (Wildman–Crippen LogP) is 5.01. The smallest absolute Gasteiger partial charge is 0.279 e. The summed E-state index contributed by atoms with van der Waals surface area (Å²) >= 11 is 0. The second kappa shape index (κ2) is 7.87. The van der Waals surface area contributed by atoms with Crippen molar-refractivity contribution >= 4 is 34.1 Å². The molecule has 10 nitrogen and oxygen atoms in total. The number of nitrogens with zero attached hydrogens (tertiary/aromatic N) is 3. The molecule has 0 unspecified atom stereocenters. The van der Waals surface area contributed by atoms with Crippen LogP contribution in [0.4, 0.5) is 21.5 Å². The monoisotopic (exact) mass is 436 g/mol. The molecule has 1 heterocycles. The molecule has 0 aliphatic carbocycles. The van der Waals surface area contributed by atoms with Crippen LogP contribution in [0.2, 0.25) is 0 Å². The van der Waals surface area contributed by atoms with Crippen LogP contribution >= 0.6 is 0 Å². The van der Waals surface area contributed by atoms with Gasteiger partial charge < -0.3 is 9.73 Å². The number of amides is 1. The summed E-state index contributed by atoms with van der Waals surface area (Å²) in [4.78, 5) is 37.8. The molecule has 0 atom stereocenters. The first-order valence-corrected chi connectivity index (χ1v) is 9.14. The number of oxazole rings is 1. The minimum absolute atomic E-state index is 0.145. The maximum Gasteiger partial charge on any atom is 0.279 e. The summed E-state index contributed by atoms with van der Waals surface area (Å²) in [6, 6.07) is 12.1. The number of halogens is 1. The van der Waals surface area contributed by atoms with Crippen LogP contribution in [0.3, 0.4) is 0 Å². The number of hydrogen-bond acceptors (Lipinski definition) is 7. The molecule has 11 heteroatoms. The number of aromatic nitrogens is 1. The Balaban J connectivity index is 1.64. The summed E-state index contributed by atoms with van der Waals surface area (Å²) in [5.41, 5.74) is 0.252. The fourth-order valence-corrected chi connectivity index (χ4v) is 3.12. The summed E-state index contributed by atoms with van der Waals surface area (Å²) in [6.45, 7) is 1.25. The standard InChI is InChI=1S/C21H13FN4O6/c1-11-17(25(28)29)8-13(9-18(11)26(30)31)20(27)23-15-6-7-19-16(10-15)24-21(32-19)12-2-4-14(22)5-3-12/h2-10H,1H3,(H,23,27). The maximum atomic E-state index is 13.1. The molecule has 1 aromatic heterocycles. The van der Waals surface area contributed by atoms with Crippen LogP contribution in [0.5, 0.6) is 0 Å². The molecule has 0 radical (unpaired) electrons. The van der Waals surface area contributed by atoms with Crippen molar-refractivity contribution in [2.45, 2.75) is 6.92 Å². The molecule has 0 aliphatic heterocycles. The van der Waals surface area contributed by atoms with Gasteiger partial charge in [0.25, 0.3) is 17.3 Å². The number of nitro benzene ring substituents is 2. The molecule has 32 heavy (non-hydrogen) atoms. The molecule has 0 saturated carbocycles. The topological polar surface area (TPSA) is 141 Å². The van der Waals surface area contributed by atoms with Crippen LogP contribution < -0.4 is 5.32 Å². The molecule has 0 fully saturated rings. The Hall–Kier alpha value is -4.67. The number of nitro groups is 2. The van der Waals surface area contributed by atoms with E-state index in [1.54, 1.807) is 6.07 Å². The molecule has 3 aromatic carbocycles. The number of anilines is 1. The van der Waals surface area contributed by atoms with Gasteiger partial charge in [-0.2, -0.15) is 0 Å². The molecule has 1 N–H and O–H groups in total. The third-order valence-electron chi connectivity index (χ3n) is 4.75. The first-order chi connectivity index (χ1) is 15.2. The normalized spacial score (nSPS) is 10.8. The number of hydrogen-bond donors (Lipinski definition) is 1. The lowest BCUT2D eigenvalue weighted by molar-refractivity contribution is -0.395. The molecule has 0 bridgehead atoms. The van der Waals surface area contributed by atoms with Gasteiger partial charge in [-0.15, -0.1) is 0 Å². The van der Waals surface area contributed by atoms with Gasteiger partial charge in [0, 0.05) is 23.4 Å². The number of carbonyl (C=O) groups excluding carboxylic acids is 1.